The molecule has 0 bridgehead atoms. The third-order valence-electron chi connectivity index (χ3n) is 4.66. The summed E-state index contributed by atoms with van der Waals surface area (Å²) < 4.78 is 29.5. The van der Waals surface area contributed by atoms with E-state index in [1.54, 1.807) is 0 Å². The van der Waals surface area contributed by atoms with Crippen LogP contribution in [0.5, 0.6) is 0 Å². The van der Waals surface area contributed by atoms with Gasteiger partial charge in [0.2, 0.25) is 5.95 Å². The Balaban J connectivity index is 1.62. The van der Waals surface area contributed by atoms with E-state index in [2.05, 4.69) is 35.7 Å². The SMILES string of the molecule is CS(=O)(=O)c1[nH]nc2nc(Nc3ccc(N4CCOCC4)cc3)nc(NCCO)c12. The van der Waals surface area contributed by atoms with Gasteiger partial charge in [-0.1, -0.05) is 0 Å². The summed E-state index contributed by atoms with van der Waals surface area (Å²) in [4.78, 5) is 11.0. The van der Waals surface area contributed by atoms with Crippen molar-refractivity contribution < 1.29 is 18.3 Å². The normalized spacial score (nSPS) is 14.8. The molecular formula is C18H23N7O4S. The van der Waals surface area contributed by atoms with Crippen molar-refractivity contribution in [2.24, 2.45) is 0 Å². The number of morpholine rings is 1. The van der Waals surface area contributed by atoms with E-state index < -0.39 is 9.84 Å². The van der Waals surface area contributed by atoms with Crippen molar-refractivity contribution >= 4 is 44.0 Å². The smallest absolute Gasteiger partial charge is 0.231 e. The number of sulfone groups is 1. The van der Waals surface area contributed by atoms with Gasteiger partial charge in [0.05, 0.1) is 19.8 Å². The van der Waals surface area contributed by atoms with Crippen molar-refractivity contribution in [3.05, 3.63) is 24.3 Å². The van der Waals surface area contributed by atoms with E-state index in [9.17, 15) is 8.42 Å². The van der Waals surface area contributed by atoms with Gasteiger partial charge in [-0.25, -0.2) is 8.42 Å². The average Bonchev–Trinajstić information content (AvgIpc) is 3.18. The number of nitrogens with one attached hydrogen (secondary N) is 3. The second-order valence-electron chi connectivity index (χ2n) is 6.84. The molecule has 0 spiro atoms. The number of H-pyrrole nitrogens is 1. The fourth-order valence-electron chi connectivity index (χ4n) is 3.23. The van der Waals surface area contributed by atoms with Gasteiger partial charge in [0.25, 0.3) is 0 Å². The number of hydrogen-bond acceptors (Lipinski definition) is 10. The molecule has 1 aromatic carbocycles. The van der Waals surface area contributed by atoms with Crippen molar-refractivity contribution in [3.63, 3.8) is 0 Å². The third-order valence-corrected chi connectivity index (χ3v) is 5.69. The topological polar surface area (TPSA) is 145 Å². The minimum Gasteiger partial charge on any atom is -0.395 e. The number of aromatic amines is 1. The van der Waals surface area contributed by atoms with Gasteiger partial charge in [-0.3, -0.25) is 5.10 Å². The molecule has 30 heavy (non-hydrogen) atoms. The van der Waals surface area contributed by atoms with Crippen molar-refractivity contribution in [1.82, 2.24) is 20.2 Å². The van der Waals surface area contributed by atoms with Gasteiger partial charge in [0.1, 0.15) is 11.2 Å². The number of anilines is 4. The Morgan fingerprint density at radius 1 is 1.20 bits per heavy atom. The van der Waals surface area contributed by atoms with Crippen LogP contribution in [0.3, 0.4) is 0 Å². The summed E-state index contributed by atoms with van der Waals surface area (Å²) in [5.41, 5.74) is 2.09. The average molecular weight is 433 g/mol. The molecule has 0 radical (unpaired) electrons. The number of rotatable bonds is 7. The summed E-state index contributed by atoms with van der Waals surface area (Å²) in [6, 6.07) is 7.86. The predicted octanol–water partition coefficient (Wildman–Crippen LogP) is 0.741. The molecular weight excluding hydrogens is 410 g/mol. The Labute approximate surface area is 173 Å². The lowest BCUT2D eigenvalue weighted by atomic mass is 10.2. The maximum Gasteiger partial charge on any atom is 0.231 e. The minimum atomic E-state index is -3.56. The summed E-state index contributed by atoms with van der Waals surface area (Å²) in [6.45, 7) is 3.22. The number of hydrogen-bond donors (Lipinski definition) is 4. The first-order valence-corrected chi connectivity index (χ1v) is 11.4. The molecule has 4 N–H and O–H groups in total. The highest BCUT2D eigenvalue weighted by atomic mass is 32.2. The Bertz CT molecular complexity index is 1130. The first-order chi connectivity index (χ1) is 14.5. The summed E-state index contributed by atoms with van der Waals surface area (Å²) in [6.07, 6.45) is 1.08. The Hall–Kier alpha value is -2.96. The predicted molar refractivity (Wildman–Crippen MR) is 113 cm³/mol. The summed E-state index contributed by atoms with van der Waals surface area (Å²) >= 11 is 0. The van der Waals surface area contributed by atoms with E-state index in [4.69, 9.17) is 9.84 Å². The number of fused-ring (bicyclic) bond motifs is 1. The van der Waals surface area contributed by atoms with Crippen molar-refractivity contribution in [2.45, 2.75) is 5.03 Å². The van der Waals surface area contributed by atoms with Crippen LogP contribution in [0.25, 0.3) is 11.0 Å². The molecule has 11 nitrogen and oxygen atoms in total. The molecule has 0 unspecified atom stereocenters. The molecule has 3 aromatic rings. The fourth-order valence-corrected chi connectivity index (χ4v) is 4.00. The first-order valence-electron chi connectivity index (χ1n) is 9.46. The Morgan fingerprint density at radius 2 is 1.93 bits per heavy atom. The summed E-state index contributed by atoms with van der Waals surface area (Å²) in [7, 11) is -3.56. The molecule has 2 aromatic heterocycles. The molecule has 4 rings (SSSR count). The van der Waals surface area contributed by atoms with Crippen LogP contribution >= 0.6 is 0 Å². The van der Waals surface area contributed by atoms with Crippen LogP contribution in [0.2, 0.25) is 0 Å². The molecule has 3 heterocycles. The molecule has 0 aliphatic carbocycles. The zero-order valence-corrected chi connectivity index (χ0v) is 17.2. The standard InChI is InChI=1S/C18H23N7O4S/c1-30(27,28)17-14-15(19-6-9-26)21-18(22-16(14)23-24-17)20-12-2-4-13(5-3-12)25-7-10-29-11-8-25/h2-5,26H,6-11H2,1H3,(H3,19,20,21,22,23,24). The second kappa shape index (κ2) is 8.42. The number of benzene rings is 1. The zero-order chi connectivity index (χ0) is 21.1. The van der Waals surface area contributed by atoms with E-state index in [0.717, 1.165) is 43.9 Å². The van der Waals surface area contributed by atoms with Crippen LogP contribution in [0.15, 0.2) is 29.3 Å². The number of nitrogens with zero attached hydrogens (tertiary/aromatic N) is 4. The maximum absolute atomic E-state index is 12.0. The maximum atomic E-state index is 12.0. The van der Waals surface area contributed by atoms with E-state index >= 15 is 0 Å². The molecule has 1 aliphatic heterocycles. The van der Waals surface area contributed by atoms with Gasteiger partial charge in [0, 0.05) is 37.3 Å². The van der Waals surface area contributed by atoms with Gasteiger partial charge in [0.15, 0.2) is 20.5 Å². The molecule has 12 heteroatoms. The Kier molecular flexibility index (Phi) is 5.70. The van der Waals surface area contributed by atoms with Crippen LogP contribution < -0.4 is 15.5 Å². The lowest BCUT2D eigenvalue weighted by Gasteiger charge is -2.28. The van der Waals surface area contributed by atoms with Crippen LogP contribution in [0.1, 0.15) is 0 Å². The highest BCUT2D eigenvalue weighted by molar-refractivity contribution is 7.90. The minimum absolute atomic E-state index is 0.0700. The van der Waals surface area contributed by atoms with Crippen molar-refractivity contribution in [1.29, 1.82) is 0 Å². The Morgan fingerprint density at radius 3 is 2.60 bits per heavy atom. The van der Waals surface area contributed by atoms with Gasteiger partial charge < -0.3 is 25.4 Å². The van der Waals surface area contributed by atoms with Crippen molar-refractivity contribution in [2.75, 3.05) is 61.2 Å². The molecule has 1 aliphatic rings. The monoisotopic (exact) mass is 433 g/mol. The van der Waals surface area contributed by atoms with Gasteiger partial charge in [-0.15, -0.1) is 0 Å². The number of ether oxygens (including phenoxy) is 1. The number of aliphatic hydroxyl groups excluding tert-OH is 1. The van der Waals surface area contributed by atoms with E-state index in [0.29, 0.717) is 0 Å². The lowest BCUT2D eigenvalue weighted by molar-refractivity contribution is 0.122. The molecule has 0 amide bonds. The molecule has 0 saturated carbocycles. The third kappa shape index (κ3) is 4.30. The largest absolute Gasteiger partial charge is 0.395 e. The highest BCUT2D eigenvalue weighted by Gasteiger charge is 2.21. The van der Waals surface area contributed by atoms with E-state index in [1.165, 1.54) is 0 Å². The fraction of sp³-hybridized carbons (Fsp3) is 0.389. The van der Waals surface area contributed by atoms with Gasteiger partial charge in [-0.05, 0) is 24.3 Å². The molecule has 160 valence electrons. The van der Waals surface area contributed by atoms with Crippen LogP contribution in [-0.4, -0.2) is 79.4 Å². The molecule has 1 fully saturated rings. The number of aromatic nitrogens is 4. The highest BCUT2D eigenvalue weighted by Crippen LogP contribution is 2.28. The first kappa shape index (κ1) is 20.3. The number of aliphatic hydroxyl groups is 1. The van der Waals surface area contributed by atoms with E-state index in [-0.39, 0.29) is 41.0 Å². The van der Waals surface area contributed by atoms with Gasteiger partial charge >= 0.3 is 0 Å². The molecule has 1 saturated heterocycles. The van der Waals surface area contributed by atoms with Crippen LogP contribution in [0.4, 0.5) is 23.1 Å². The lowest BCUT2D eigenvalue weighted by Crippen LogP contribution is -2.36. The quantitative estimate of drug-likeness (QED) is 0.421. The second-order valence-corrected chi connectivity index (χ2v) is 8.79. The molecule has 0 atom stereocenters. The van der Waals surface area contributed by atoms with Gasteiger partial charge in [-0.2, -0.15) is 15.1 Å². The zero-order valence-electron chi connectivity index (χ0n) is 16.4. The van der Waals surface area contributed by atoms with E-state index in [1.807, 2.05) is 24.3 Å². The van der Waals surface area contributed by atoms with Crippen molar-refractivity contribution in [3.8, 4) is 0 Å². The summed E-state index contributed by atoms with van der Waals surface area (Å²) in [5, 5.41) is 21.9. The summed E-state index contributed by atoms with van der Waals surface area (Å²) in [5.74, 6) is 0.532. The van der Waals surface area contributed by atoms with Crippen LogP contribution in [-0.2, 0) is 14.6 Å². The van der Waals surface area contributed by atoms with Crippen LogP contribution in [0, 0.1) is 0 Å².